The van der Waals surface area contributed by atoms with Crippen LogP contribution in [0.25, 0.3) is 10.1 Å². The number of hydrogen-bond acceptors (Lipinski definition) is 4. The van der Waals surface area contributed by atoms with Crippen LogP contribution in [0.1, 0.15) is 12.0 Å². The summed E-state index contributed by atoms with van der Waals surface area (Å²) in [4.78, 5) is 10.9. The second-order valence-corrected chi connectivity index (χ2v) is 4.99. The van der Waals surface area contributed by atoms with Gasteiger partial charge in [0, 0.05) is 11.2 Å². The molecule has 1 heterocycles. The van der Waals surface area contributed by atoms with Crippen molar-refractivity contribution in [3.05, 3.63) is 35.2 Å². The molecule has 4 heteroatoms. The van der Waals surface area contributed by atoms with Crippen LogP contribution in [0.15, 0.2) is 29.6 Å². The molecule has 0 amide bonds. The first-order chi connectivity index (χ1) is 8.81. The highest BCUT2D eigenvalue weighted by atomic mass is 32.1. The second kappa shape index (κ2) is 6.52. The number of fused-ring (bicyclic) bond motifs is 1. The summed E-state index contributed by atoms with van der Waals surface area (Å²) in [7, 11) is 1.42. The van der Waals surface area contributed by atoms with Gasteiger partial charge in [-0.15, -0.1) is 11.3 Å². The van der Waals surface area contributed by atoms with Crippen molar-refractivity contribution < 1.29 is 9.53 Å². The number of thiophene rings is 1. The van der Waals surface area contributed by atoms with E-state index in [0.29, 0.717) is 13.0 Å². The maximum Gasteiger partial charge on any atom is 0.306 e. The van der Waals surface area contributed by atoms with E-state index in [9.17, 15) is 4.79 Å². The molecule has 0 atom stereocenters. The number of hydrogen-bond donors (Lipinski definition) is 1. The van der Waals surface area contributed by atoms with E-state index in [1.165, 1.54) is 22.8 Å². The molecule has 1 N–H and O–H groups in total. The predicted molar refractivity (Wildman–Crippen MR) is 75.0 cm³/mol. The molecule has 0 spiro atoms. The van der Waals surface area contributed by atoms with Crippen LogP contribution in [0.2, 0.25) is 0 Å². The van der Waals surface area contributed by atoms with E-state index in [-0.39, 0.29) is 5.97 Å². The first-order valence-corrected chi connectivity index (χ1v) is 6.92. The third-order valence-corrected chi connectivity index (χ3v) is 3.88. The van der Waals surface area contributed by atoms with E-state index < -0.39 is 0 Å². The van der Waals surface area contributed by atoms with E-state index in [4.69, 9.17) is 0 Å². The van der Waals surface area contributed by atoms with Crippen molar-refractivity contribution in [3.63, 3.8) is 0 Å². The van der Waals surface area contributed by atoms with Gasteiger partial charge in [-0.1, -0.05) is 18.2 Å². The maximum atomic E-state index is 10.9. The molecule has 0 aliphatic rings. The lowest BCUT2D eigenvalue weighted by Gasteiger charge is -2.03. The van der Waals surface area contributed by atoms with Crippen LogP contribution in [-0.2, 0) is 16.0 Å². The van der Waals surface area contributed by atoms with Gasteiger partial charge in [0.25, 0.3) is 0 Å². The lowest BCUT2D eigenvalue weighted by molar-refractivity contribution is -0.140. The largest absolute Gasteiger partial charge is 0.469 e. The number of carbonyl (C=O) groups excluding carboxylic acids is 1. The molecular formula is C14H17NO2S. The summed E-state index contributed by atoms with van der Waals surface area (Å²) in [6.45, 7) is 1.56. The zero-order valence-corrected chi connectivity index (χ0v) is 11.3. The molecule has 2 rings (SSSR count). The molecule has 1 aromatic carbocycles. The Labute approximate surface area is 111 Å². The zero-order valence-electron chi connectivity index (χ0n) is 10.4. The van der Waals surface area contributed by atoms with E-state index in [1.54, 1.807) is 11.3 Å². The quantitative estimate of drug-likeness (QED) is 0.643. The molecule has 3 nitrogen and oxygen atoms in total. The Balaban J connectivity index is 1.78. The number of esters is 1. The normalized spacial score (nSPS) is 10.7. The van der Waals surface area contributed by atoms with Gasteiger partial charge >= 0.3 is 5.97 Å². The second-order valence-electron chi connectivity index (χ2n) is 4.08. The van der Waals surface area contributed by atoms with Crippen molar-refractivity contribution in [2.45, 2.75) is 12.8 Å². The Kier molecular flexibility index (Phi) is 4.73. The van der Waals surface area contributed by atoms with Gasteiger partial charge in [0.2, 0.25) is 0 Å². The van der Waals surface area contributed by atoms with E-state index >= 15 is 0 Å². The highest BCUT2D eigenvalue weighted by Gasteiger charge is 2.03. The summed E-state index contributed by atoms with van der Waals surface area (Å²) >= 11 is 1.78. The number of rotatable bonds is 6. The van der Waals surface area contributed by atoms with Crippen molar-refractivity contribution >= 4 is 27.4 Å². The van der Waals surface area contributed by atoms with Gasteiger partial charge in [-0.2, -0.15) is 0 Å². The van der Waals surface area contributed by atoms with Gasteiger partial charge in [-0.3, -0.25) is 4.79 Å². The molecule has 2 aromatic rings. The summed E-state index contributed by atoms with van der Waals surface area (Å²) < 4.78 is 5.92. The van der Waals surface area contributed by atoms with Gasteiger partial charge < -0.3 is 10.1 Å². The Morgan fingerprint density at radius 3 is 3.00 bits per heavy atom. The van der Waals surface area contributed by atoms with Gasteiger partial charge in [0.15, 0.2) is 0 Å². The molecule has 0 aliphatic heterocycles. The fourth-order valence-corrected chi connectivity index (χ4v) is 2.86. The molecule has 18 heavy (non-hydrogen) atoms. The van der Waals surface area contributed by atoms with Crippen LogP contribution >= 0.6 is 11.3 Å². The first kappa shape index (κ1) is 13.1. The maximum absolute atomic E-state index is 10.9. The molecule has 0 bridgehead atoms. The smallest absolute Gasteiger partial charge is 0.306 e. The molecule has 0 saturated carbocycles. The Hall–Kier alpha value is -1.39. The predicted octanol–water partition coefficient (Wildman–Crippen LogP) is 2.60. The highest BCUT2D eigenvalue weighted by molar-refractivity contribution is 7.17. The SMILES string of the molecule is COC(=O)CCNCCc1csc2ccccc12. The summed E-state index contributed by atoms with van der Waals surface area (Å²) in [6.07, 6.45) is 1.42. The number of methoxy groups -OCH3 is 1. The summed E-state index contributed by atoms with van der Waals surface area (Å²) in [5.74, 6) is -0.163. The topological polar surface area (TPSA) is 38.3 Å². The third kappa shape index (κ3) is 3.31. The van der Waals surface area contributed by atoms with Gasteiger partial charge in [-0.25, -0.2) is 0 Å². The van der Waals surface area contributed by atoms with Crippen LogP contribution in [0.3, 0.4) is 0 Å². The minimum absolute atomic E-state index is 0.163. The van der Waals surface area contributed by atoms with Crippen LogP contribution in [0.5, 0.6) is 0 Å². The van der Waals surface area contributed by atoms with Crippen molar-refractivity contribution in [2.24, 2.45) is 0 Å². The summed E-state index contributed by atoms with van der Waals surface area (Å²) in [5.41, 5.74) is 1.38. The lowest BCUT2D eigenvalue weighted by Crippen LogP contribution is -2.21. The average molecular weight is 263 g/mol. The Morgan fingerprint density at radius 2 is 2.17 bits per heavy atom. The van der Waals surface area contributed by atoms with Gasteiger partial charge in [0.05, 0.1) is 13.5 Å². The molecule has 96 valence electrons. The third-order valence-electron chi connectivity index (χ3n) is 2.87. The Morgan fingerprint density at radius 1 is 1.33 bits per heavy atom. The summed E-state index contributed by atoms with van der Waals surface area (Å²) in [5, 5.41) is 6.82. The lowest BCUT2D eigenvalue weighted by atomic mass is 10.1. The molecular weight excluding hydrogens is 246 g/mol. The number of ether oxygens (including phenoxy) is 1. The molecule has 0 unspecified atom stereocenters. The van der Waals surface area contributed by atoms with Crippen LogP contribution in [-0.4, -0.2) is 26.2 Å². The first-order valence-electron chi connectivity index (χ1n) is 6.04. The molecule has 0 aliphatic carbocycles. The van der Waals surface area contributed by atoms with Crippen molar-refractivity contribution in [1.29, 1.82) is 0 Å². The van der Waals surface area contributed by atoms with Gasteiger partial charge in [0.1, 0.15) is 0 Å². The molecule has 0 fully saturated rings. The zero-order chi connectivity index (χ0) is 12.8. The fourth-order valence-electron chi connectivity index (χ4n) is 1.87. The van der Waals surface area contributed by atoms with Crippen molar-refractivity contribution in [3.8, 4) is 0 Å². The van der Waals surface area contributed by atoms with E-state index in [1.807, 2.05) is 0 Å². The number of benzene rings is 1. The minimum atomic E-state index is -0.163. The standard InChI is InChI=1S/C14H17NO2S/c1-17-14(16)7-9-15-8-6-11-10-18-13-5-3-2-4-12(11)13/h2-5,10,15H,6-9H2,1H3. The summed E-state index contributed by atoms with van der Waals surface area (Å²) in [6, 6.07) is 8.45. The van der Waals surface area contributed by atoms with Crippen LogP contribution < -0.4 is 5.32 Å². The monoisotopic (exact) mass is 263 g/mol. The molecule has 0 saturated heterocycles. The van der Waals surface area contributed by atoms with E-state index in [0.717, 1.165) is 13.0 Å². The van der Waals surface area contributed by atoms with Crippen LogP contribution in [0, 0.1) is 0 Å². The van der Waals surface area contributed by atoms with Crippen molar-refractivity contribution in [2.75, 3.05) is 20.2 Å². The fraction of sp³-hybridized carbons (Fsp3) is 0.357. The Bertz CT molecular complexity index is 521. The highest BCUT2D eigenvalue weighted by Crippen LogP contribution is 2.25. The number of nitrogens with one attached hydrogen (secondary N) is 1. The van der Waals surface area contributed by atoms with Crippen LogP contribution in [0.4, 0.5) is 0 Å². The van der Waals surface area contributed by atoms with Crippen molar-refractivity contribution in [1.82, 2.24) is 5.32 Å². The minimum Gasteiger partial charge on any atom is -0.469 e. The van der Waals surface area contributed by atoms with E-state index in [2.05, 4.69) is 39.7 Å². The number of carbonyl (C=O) groups is 1. The van der Waals surface area contributed by atoms with Gasteiger partial charge in [-0.05, 0) is 35.4 Å². The average Bonchev–Trinajstić information content (AvgIpc) is 2.81. The molecule has 1 aromatic heterocycles. The molecule has 0 radical (unpaired) electrons.